The highest BCUT2D eigenvalue weighted by Gasteiger charge is 2.16. The molecule has 0 saturated carbocycles. The molecule has 0 radical (unpaired) electrons. The minimum absolute atomic E-state index is 0.699. The van der Waals surface area contributed by atoms with Gasteiger partial charge in [-0.05, 0) is 53.9 Å². The molecule has 0 aromatic heterocycles. The summed E-state index contributed by atoms with van der Waals surface area (Å²) in [6, 6.07) is 16.1. The number of rotatable bonds is 1. The molecule has 3 nitrogen and oxygen atoms in total. The molecular weight excluding hydrogens is 234 g/mol. The van der Waals surface area contributed by atoms with Crippen LogP contribution < -0.4 is 10.6 Å². The Labute approximate surface area is 112 Å². The molecule has 0 fully saturated rings. The zero-order valence-corrected chi connectivity index (χ0v) is 10.6. The Kier molecular flexibility index (Phi) is 2.85. The highest BCUT2D eigenvalue weighted by atomic mass is 15.1. The van der Waals surface area contributed by atoms with E-state index >= 15 is 0 Å². The van der Waals surface area contributed by atoms with Crippen molar-refractivity contribution in [3.05, 3.63) is 59.2 Å². The van der Waals surface area contributed by atoms with Crippen LogP contribution in [0, 0.1) is 11.3 Å². The van der Waals surface area contributed by atoms with Gasteiger partial charge in [-0.15, -0.1) is 0 Å². The van der Waals surface area contributed by atoms with Gasteiger partial charge in [0.15, 0.2) is 0 Å². The van der Waals surface area contributed by atoms with Gasteiger partial charge in [0.25, 0.3) is 0 Å². The second-order valence-corrected chi connectivity index (χ2v) is 4.86. The van der Waals surface area contributed by atoms with E-state index in [-0.39, 0.29) is 0 Å². The lowest BCUT2D eigenvalue weighted by molar-refractivity contribution is 0.732. The van der Waals surface area contributed by atoms with Gasteiger partial charge >= 0.3 is 0 Å². The number of anilines is 2. The maximum absolute atomic E-state index is 8.82. The number of nitrogens with two attached hydrogens (primary N) is 1. The van der Waals surface area contributed by atoms with Crippen molar-refractivity contribution < 1.29 is 0 Å². The third-order valence-corrected chi connectivity index (χ3v) is 3.60. The predicted molar refractivity (Wildman–Crippen MR) is 76.8 cm³/mol. The molecule has 0 unspecified atom stereocenters. The molecule has 2 aromatic carbocycles. The zero-order chi connectivity index (χ0) is 13.2. The second kappa shape index (κ2) is 4.66. The first-order valence-corrected chi connectivity index (χ1v) is 6.38. The molecule has 94 valence electrons. The lowest BCUT2D eigenvalue weighted by Gasteiger charge is -2.31. The van der Waals surface area contributed by atoms with Crippen molar-refractivity contribution in [2.75, 3.05) is 17.2 Å². The lowest BCUT2D eigenvalue weighted by Crippen LogP contribution is -2.30. The number of nitrogen functional groups attached to an aromatic ring is 1. The summed E-state index contributed by atoms with van der Waals surface area (Å²) in [7, 11) is 0. The number of nitrogens with zero attached hydrogens (tertiary/aromatic N) is 2. The summed E-state index contributed by atoms with van der Waals surface area (Å²) in [5, 5.41) is 8.82. The highest BCUT2D eigenvalue weighted by molar-refractivity contribution is 5.54. The van der Waals surface area contributed by atoms with Crippen LogP contribution in [0.15, 0.2) is 42.5 Å². The quantitative estimate of drug-likeness (QED) is 0.791. The lowest BCUT2D eigenvalue weighted by atomic mass is 9.98. The molecule has 0 spiro atoms. The predicted octanol–water partition coefficient (Wildman–Crippen LogP) is 2.70. The average molecular weight is 249 g/mol. The smallest absolute Gasteiger partial charge is 0.0991 e. The van der Waals surface area contributed by atoms with Gasteiger partial charge in [0.2, 0.25) is 0 Å². The fourth-order valence-electron chi connectivity index (χ4n) is 2.54. The molecule has 19 heavy (non-hydrogen) atoms. The van der Waals surface area contributed by atoms with Crippen LogP contribution in [0.1, 0.15) is 16.7 Å². The minimum Gasteiger partial charge on any atom is -0.399 e. The van der Waals surface area contributed by atoms with Gasteiger partial charge in [0.1, 0.15) is 0 Å². The average Bonchev–Trinajstić information content (AvgIpc) is 2.46. The zero-order valence-electron chi connectivity index (χ0n) is 10.6. The van der Waals surface area contributed by atoms with E-state index in [0.717, 1.165) is 30.9 Å². The Bertz CT molecular complexity index is 638. The highest BCUT2D eigenvalue weighted by Crippen LogP contribution is 2.25. The molecule has 2 aromatic rings. The fraction of sp³-hybridized carbons (Fsp3) is 0.188. The molecule has 0 bridgehead atoms. The minimum atomic E-state index is 0.699. The molecule has 1 aliphatic rings. The van der Waals surface area contributed by atoms with Crippen LogP contribution in [0.3, 0.4) is 0 Å². The Balaban J connectivity index is 1.86. The van der Waals surface area contributed by atoms with Crippen LogP contribution in [0.25, 0.3) is 0 Å². The van der Waals surface area contributed by atoms with Crippen molar-refractivity contribution in [3.8, 4) is 6.07 Å². The van der Waals surface area contributed by atoms with Crippen molar-refractivity contribution in [2.45, 2.75) is 13.0 Å². The number of hydrogen-bond acceptors (Lipinski definition) is 3. The van der Waals surface area contributed by atoms with Crippen molar-refractivity contribution in [1.82, 2.24) is 0 Å². The summed E-state index contributed by atoms with van der Waals surface area (Å²) in [6.07, 6.45) is 1.04. The van der Waals surface area contributed by atoms with Gasteiger partial charge in [-0.3, -0.25) is 0 Å². The summed E-state index contributed by atoms with van der Waals surface area (Å²) < 4.78 is 0. The molecule has 1 aliphatic heterocycles. The summed E-state index contributed by atoms with van der Waals surface area (Å²) in [5.74, 6) is 0. The maximum Gasteiger partial charge on any atom is 0.0991 e. The molecule has 0 saturated heterocycles. The molecular formula is C16H15N3. The Morgan fingerprint density at radius 3 is 2.58 bits per heavy atom. The van der Waals surface area contributed by atoms with Gasteiger partial charge in [0, 0.05) is 24.5 Å². The normalized spacial score (nSPS) is 13.7. The summed E-state index contributed by atoms with van der Waals surface area (Å²) >= 11 is 0. The molecule has 0 aliphatic carbocycles. The SMILES string of the molecule is N#Cc1ccc(N2CCc3ccc(N)cc3C2)cc1. The van der Waals surface area contributed by atoms with Crippen LogP contribution in [-0.2, 0) is 13.0 Å². The van der Waals surface area contributed by atoms with Gasteiger partial charge in [-0.1, -0.05) is 6.07 Å². The Morgan fingerprint density at radius 1 is 1.05 bits per heavy atom. The number of hydrogen-bond donors (Lipinski definition) is 1. The topological polar surface area (TPSA) is 53.0 Å². The van der Waals surface area contributed by atoms with Crippen molar-refractivity contribution in [3.63, 3.8) is 0 Å². The van der Waals surface area contributed by atoms with E-state index < -0.39 is 0 Å². The third-order valence-electron chi connectivity index (χ3n) is 3.60. The van der Waals surface area contributed by atoms with E-state index in [0.29, 0.717) is 5.56 Å². The van der Waals surface area contributed by atoms with Crippen LogP contribution in [0.5, 0.6) is 0 Å². The first-order valence-electron chi connectivity index (χ1n) is 6.38. The summed E-state index contributed by atoms with van der Waals surface area (Å²) in [4.78, 5) is 2.32. The van der Waals surface area contributed by atoms with Crippen LogP contribution in [-0.4, -0.2) is 6.54 Å². The van der Waals surface area contributed by atoms with E-state index in [2.05, 4.69) is 23.1 Å². The second-order valence-electron chi connectivity index (χ2n) is 4.86. The number of fused-ring (bicyclic) bond motifs is 1. The molecule has 1 heterocycles. The fourth-order valence-corrected chi connectivity index (χ4v) is 2.54. The summed E-state index contributed by atoms with van der Waals surface area (Å²) in [5.41, 5.74) is 11.2. The van der Waals surface area contributed by atoms with E-state index in [1.807, 2.05) is 30.3 Å². The molecule has 3 heteroatoms. The van der Waals surface area contributed by atoms with E-state index in [4.69, 9.17) is 11.0 Å². The standard InChI is InChI=1S/C16H15N3/c17-10-12-1-5-16(6-2-12)19-8-7-13-3-4-15(18)9-14(13)11-19/h1-6,9H,7-8,11,18H2. The maximum atomic E-state index is 8.82. The first-order chi connectivity index (χ1) is 9.26. The van der Waals surface area contributed by atoms with Crippen molar-refractivity contribution in [1.29, 1.82) is 5.26 Å². The van der Waals surface area contributed by atoms with E-state index in [1.54, 1.807) is 0 Å². The largest absolute Gasteiger partial charge is 0.399 e. The molecule has 0 amide bonds. The van der Waals surface area contributed by atoms with Crippen LogP contribution >= 0.6 is 0 Å². The number of nitriles is 1. The molecule has 3 rings (SSSR count). The van der Waals surface area contributed by atoms with Crippen molar-refractivity contribution in [2.24, 2.45) is 0 Å². The third kappa shape index (κ3) is 2.25. The van der Waals surface area contributed by atoms with Crippen LogP contribution in [0.4, 0.5) is 11.4 Å². The van der Waals surface area contributed by atoms with Gasteiger partial charge in [0.05, 0.1) is 11.6 Å². The van der Waals surface area contributed by atoms with Gasteiger partial charge < -0.3 is 10.6 Å². The number of benzene rings is 2. The first kappa shape index (κ1) is 11.6. The Hall–Kier alpha value is -2.47. The molecule has 2 N–H and O–H groups in total. The van der Waals surface area contributed by atoms with Gasteiger partial charge in [-0.2, -0.15) is 5.26 Å². The molecule has 0 atom stereocenters. The van der Waals surface area contributed by atoms with E-state index in [9.17, 15) is 0 Å². The van der Waals surface area contributed by atoms with Crippen molar-refractivity contribution >= 4 is 11.4 Å². The summed E-state index contributed by atoms with van der Waals surface area (Å²) in [6.45, 7) is 1.88. The van der Waals surface area contributed by atoms with Gasteiger partial charge in [-0.25, -0.2) is 0 Å². The monoisotopic (exact) mass is 249 g/mol. The van der Waals surface area contributed by atoms with Crippen LogP contribution in [0.2, 0.25) is 0 Å². The Morgan fingerprint density at radius 2 is 1.84 bits per heavy atom. The van der Waals surface area contributed by atoms with E-state index in [1.165, 1.54) is 11.1 Å².